The van der Waals surface area contributed by atoms with Gasteiger partial charge in [-0.05, 0) is 48.7 Å². The molecule has 0 unspecified atom stereocenters. The largest absolute Gasteiger partial charge is 0.358 e. The first-order valence-electron chi connectivity index (χ1n) is 8.58. The van der Waals surface area contributed by atoms with Crippen molar-refractivity contribution in [1.82, 2.24) is 15.3 Å². The van der Waals surface area contributed by atoms with Crippen molar-refractivity contribution in [2.24, 2.45) is 5.92 Å². The van der Waals surface area contributed by atoms with E-state index in [0.717, 1.165) is 30.9 Å². The third-order valence-corrected chi connectivity index (χ3v) is 4.95. The summed E-state index contributed by atoms with van der Waals surface area (Å²) in [7, 11) is 0. The van der Waals surface area contributed by atoms with Crippen LogP contribution in [-0.2, 0) is 6.54 Å². The molecule has 1 fully saturated rings. The van der Waals surface area contributed by atoms with E-state index in [1.54, 1.807) is 6.07 Å². The number of nitrogens with zero attached hydrogens (tertiary/aromatic N) is 3. The summed E-state index contributed by atoms with van der Waals surface area (Å²) in [6, 6.07) is 9.39. The second-order valence-electron chi connectivity index (χ2n) is 6.50. The molecule has 0 saturated carbocycles. The van der Waals surface area contributed by atoms with Crippen LogP contribution in [0, 0.1) is 5.92 Å². The molecule has 0 aliphatic carbocycles. The van der Waals surface area contributed by atoms with Gasteiger partial charge in [0.1, 0.15) is 11.0 Å². The van der Waals surface area contributed by atoms with Gasteiger partial charge in [-0.15, -0.1) is 0 Å². The summed E-state index contributed by atoms with van der Waals surface area (Å²) in [5.41, 5.74) is 1.08. The van der Waals surface area contributed by atoms with Crippen LogP contribution < -0.4 is 15.5 Å². The van der Waals surface area contributed by atoms with Gasteiger partial charge in [0, 0.05) is 30.7 Å². The number of anilines is 2. The van der Waals surface area contributed by atoms with Crippen LogP contribution in [0.25, 0.3) is 0 Å². The van der Waals surface area contributed by atoms with E-state index >= 15 is 0 Å². The molecule has 138 valence electrons. The fraction of sp³-hybridized carbons (Fsp3) is 0.389. The molecule has 2 N–H and O–H groups in total. The highest BCUT2D eigenvalue weighted by Crippen LogP contribution is 2.24. The summed E-state index contributed by atoms with van der Waals surface area (Å²) in [4.78, 5) is 11.0. The van der Waals surface area contributed by atoms with E-state index in [-0.39, 0.29) is 0 Å². The van der Waals surface area contributed by atoms with Gasteiger partial charge in [-0.25, -0.2) is 4.98 Å². The van der Waals surface area contributed by atoms with E-state index in [4.69, 9.17) is 35.4 Å². The van der Waals surface area contributed by atoms with Gasteiger partial charge >= 0.3 is 0 Å². The maximum atomic E-state index is 6.18. The van der Waals surface area contributed by atoms with Crippen molar-refractivity contribution in [3.8, 4) is 0 Å². The molecule has 1 atom stereocenters. The minimum absolute atomic E-state index is 0.399. The highest BCUT2D eigenvalue weighted by atomic mass is 35.5. The van der Waals surface area contributed by atoms with Crippen LogP contribution in [0.3, 0.4) is 0 Å². The van der Waals surface area contributed by atoms with Crippen LogP contribution in [0.1, 0.15) is 25.3 Å². The number of hydrogen-bond donors (Lipinski definition) is 2. The Morgan fingerprint density at radius 1 is 1.27 bits per heavy atom. The Labute approximate surface area is 169 Å². The molecule has 3 rings (SSSR count). The summed E-state index contributed by atoms with van der Waals surface area (Å²) < 4.78 is 0. The predicted molar refractivity (Wildman–Crippen MR) is 112 cm³/mol. The summed E-state index contributed by atoms with van der Waals surface area (Å²) in [5, 5.41) is 7.70. The average molecular weight is 410 g/mol. The lowest BCUT2D eigenvalue weighted by Crippen LogP contribution is -2.35. The van der Waals surface area contributed by atoms with E-state index in [1.807, 2.05) is 24.3 Å². The third-order valence-electron chi connectivity index (χ3n) is 4.25. The molecule has 5 nitrogen and oxygen atoms in total. The van der Waals surface area contributed by atoms with Crippen molar-refractivity contribution in [3.63, 3.8) is 0 Å². The number of nitrogens with one attached hydrogen (secondary N) is 2. The van der Waals surface area contributed by atoms with Crippen LogP contribution in [0.2, 0.25) is 10.2 Å². The minimum atomic E-state index is 0.399. The van der Waals surface area contributed by atoms with Crippen LogP contribution in [0.15, 0.2) is 30.3 Å². The zero-order chi connectivity index (χ0) is 18.5. The molecule has 8 heteroatoms. The molecule has 0 amide bonds. The molecule has 0 spiro atoms. The zero-order valence-corrected chi connectivity index (χ0v) is 16.8. The zero-order valence-electron chi connectivity index (χ0n) is 14.5. The molecule has 2 aromatic rings. The SMILES string of the molecule is C[C@@H]1CCCN(c2cc(Cl)nc(NC(=S)NCc3ccc(Cl)cc3)n2)C1. The van der Waals surface area contributed by atoms with Crippen LogP contribution in [0.4, 0.5) is 11.8 Å². The number of piperidine rings is 1. The Morgan fingerprint density at radius 3 is 2.77 bits per heavy atom. The Hall–Kier alpha value is -1.63. The van der Waals surface area contributed by atoms with Crippen molar-refractivity contribution < 1.29 is 0 Å². The molecule has 0 radical (unpaired) electrons. The van der Waals surface area contributed by atoms with Crippen LogP contribution >= 0.6 is 35.4 Å². The van der Waals surface area contributed by atoms with Gasteiger partial charge in [-0.3, -0.25) is 0 Å². The van der Waals surface area contributed by atoms with Gasteiger partial charge < -0.3 is 15.5 Å². The minimum Gasteiger partial charge on any atom is -0.358 e. The predicted octanol–water partition coefficient (Wildman–Crippen LogP) is 4.51. The first kappa shape index (κ1) is 19.1. The molecule has 1 aromatic heterocycles. The number of halogens is 2. The molecular weight excluding hydrogens is 389 g/mol. The van der Waals surface area contributed by atoms with E-state index in [1.165, 1.54) is 6.42 Å². The van der Waals surface area contributed by atoms with E-state index in [0.29, 0.717) is 33.7 Å². The van der Waals surface area contributed by atoms with Crippen molar-refractivity contribution >= 4 is 52.3 Å². The number of benzene rings is 1. The van der Waals surface area contributed by atoms with Crippen molar-refractivity contribution in [3.05, 3.63) is 46.1 Å². The van der Waals surface area contributed by atoms with E-state index < -0.39 is 0 Å². The van der Waals surface area contributed by atoms with Crippen molar-refractivity contribution in [2.75, 3.05) is 23.3 Å². The number of hydrogen-bond acceptors (Lipinski definition) is 4. The Morgan fingerprint density at radius 2 is 2.04 bits per heavy atom. The first-order valence-corrected chi connectivity index (χ1v) is 9.75. The normalized spacial score (nSPS) is 17.0. The Balaban J connectivity index is 1.61. The highest BCUT2D eigenvalue weighted by molar-refractivity contribution is 7.80. The molecule has 0 bridgehead atoms. The van der Waals surface area contributed by atoms with E-state index in [2.05, 4.69) is 32.4 Å². The van der Waals surface area contributed by atoms with Gasteiger partial charge in [0.05, 0.1) is 0 Å². The van der Waals surface area contributed by atoms with Crippen molar-refractivity contribution in [1.29, 1.82) is 0 Å². The van der Waals surface area contributed by atoms with Gasteiger partial charge in [0.15, 0.2) is 5.11 Å². The lowest BCUT2D eigenvalue weighted by Gasteiger charge is -2.32. The first-order chi connectivity index (χ1) is 12.5. The highest BCUT2D eigenvalue weighted by Gasteiger charge is 2.19. The number of aromatic nitrogens is 2. The van der Waals surface area contributed by atoms with Gasteiger partial charge in [0.2, 0.25) is 5.95 Å². The van der Waals surface area contributed by atoms with Crippen LogP contribution in [0.5, 0.6) is 0 Å². The van der Waals surface area contributed by atoms with Crippen LogP contribution in [-0.4, -0.2) is 28.2 Å². The van der Waals surface area contributed by atoms with Gasteiger partial charge in [-0.1, -0.05) is 42.3 Å². The number of rotatable bonds is 4. The molecular formula is C18H21Cl2N5S. The van der Waals surface area contributed by atoms with Gasteiger partial charge in [0.25, 0.3) is 0 Å². The molecule has 2 heterocycles. The lowest BCUT2D eigenvalue weighted by molar-refractivity contribution is 0.444. The number of thiocarbonyl (C=S) groups is 1. The molecule has 1 aromatic carbocycles. The fourth-order valence-electron chi connectivity index (χ4n) is 2.95. The summed E-state index contributed by atoms with van der Waals surface area (Å²) in [6.45, 7) is 4.80. The molecule has 1 aliphatic rings. The molecule has 1 aliphatic heterocycles. The van der Waals surface area contributed by atoms with Crippen molar-refractivity contribution in [2.45, 2.75) is 26.3 Å². The summed E-state index contributed by atoms with van der Waals surface area (Å²) in [5.74, 6) is 1.88. The van der Waals surface area contributed by atoms with E-state index in [9.17, 15) is 0 Å². The molecule has 26 heavy (non-hydrogen) atoms. The Bertz CT molecular complexity index is 769. The standard InChI is InChI=1S/C18H21Cl2N5S/c1-12-3-2-8-25(11-12)16-9-15(20)22-17(23-16)24-18(26)21-10-13-4-6-14(19)7-5-13/h4-7,9,12H,2-3,8,10-11H2,1H3,(H2,21,22,23,24,26)/t12-/m1/s1. The second kappa shape index (κ2) is 8.84. The summed E-state index contributed by atoms with van der Waals surface area (Å²) in [6.07, 6.45) is 2.41. The topological polar surface area (TPSA) is 53.1 Å². The third kappa shape index (κ3) is 5.43. The fourth-order valence-corrected chi connectivity index (χ4v) is 3.42. The van der Waals surface area contributed by atoms with Gasteiger partial charge in [-0.2, -0.15) is 4.98 Å². The smallest absolute Gasteiger partial charge is 0.232 e. The monoisotopic (exact) mass is 409 g/mol. The summed E-state index contributed by atoms with van der Waals surface area (Å²) >= 11 is 17.4. The average Bonchev–Trinajstić information content (AvgIpc) is 2.61. The Kier molecular flexibility index (Phi) is 6.51. The maximum absolute atomic E-state index is 6.18. The maximum Gasteiger partial charge on any atom is 0.232 e. The quantitative estimate of drug-likeness (QED) is 0.572. The second-order valence-corrected chi connectivity index (χ2v) is 7.73. The molecule has 1 saturated heterocycles. The lowest BCUT2D eigenvalue weighted by atomic mass is 10.0.